The number of amides is 2. The number of hydrogen-bond acceptors (Lipinski definition) is 7. The zero-order chi connectivity index (χ0) is 26.9. The van der Waals surface area contributed by atoms with Crippen molar-refractivity contribution >= 4 is 46.1 Å². The first kappa shape index (κ1) is 24.2. The lowest BCUT2D eigenvalue weighted by Crippen LogP contribution is -2.30. The number of methoxy groups -OCH3 is 1. The molecule has 3 heterocycles. The number of ether oxygens (including phenoxy) is 1. The van der Waals surface area contributed by atoms with E-state index in [1.54, 1.807) is 23.1 Å². The maximum atomic E-state index is 13.2. The normalized spacial score (nSPS) is 14.9. The fraction of sp³-hybridized carbons (Fsp3) is 0.133. The lowest BCUT2D eigenvalue weighted by atomic mass is 9.99. The van der Waals surface area contributed by atoms with Crippen LogP contribution in [0.3, 0.4) is 0 Å². The van der Waals surface area contributed by atoms with Gasteiger partial charge in [-0.2, -0.15) is 0 Å². The number of oxazole rings is 1. The molecule has 194 valence electrons. The quantitative estimate of drug-likeness (QED) is 0.284. The van der Waals surface area contributed by atoms with E-state index in [1.165, 1.54) is 19.6 Å². The van der Waals surface area contributed by atoms with E-state index >= 15 is 0 Å². The number of carbonyl (C=O) groups excluding carboxylic acids is 3. The molecule has 0 bridgehead atoms. The predicted molar refractivity (Wildman–Crippen MR) is 146 cm³/mol. The molecule has 0 atom stereocenters. The van der Waals surface area contributed by atoms with Crippen molar-refractivity contribution in [2.75, 3.05) is 29.2 Å². The van der Waals surface area contributed by atoms with Crippen molar-refractivity contribution in [1.29, 1.82) is 0 Å². The van der Waals surface area contributed by atoms with E-state index in [-0.39, 0.29) is 18.2 Å². The fourth-order valence-corrected chi connectivity index (χ4v) is 5.00. The summed E-state index contributed by atoms with van der Waals surface area (Å²) in [5.74, 6) is -0.436. The molecule has 0 saturated carbocycles. The van der Waals surface area contributed by atoms with E-state index in [1.807, 2.05) is 48.5 Å². The lowest BCUT2D eigenvalue weighted by Gasteiger charge is -2.18. The highest BCUT2D eigenvalue weighted by atomic mass is 16.5. The van der Waals surface area contributed by atoms with Gasteiger partial charge in [0.25, 0.3) is 5.91 Å². The average molecular weight is 521 g/mol. The highest BCUT2D eigenvalue weighted by molar-refractivity contribution is 6.37. The first-order valence-electron chi connectivity index (χ1n) is 12.4. The van der Waals surface area contributed by atoms with Crippen molar-refractivity contribution < 1.29 is 23.5 Å². The summed E-state index contributed by atoms with van der Waals surface area (Å²) < 4.78 is 10.1. The van der Waals surface area contributed by atoms with Crippen LogP contribution >= 0.6 is 0 Å². The molecule has 9 heteroatoms. The molecule has 3 aromatic carbocycles. The van der Waals surface area contributed by atoms with Crippen molar-refractivity contribution in [3.8, 4) is 0 Å². The maximum absolute atomic E-state index is 13.2. The summed E-state index contributed by atoms with van der Waals surface area (Å²) in [4.78, 5) is 43.9. The topological polar surface area (TPSA) is 114 Å². The van der Waals surface area contributed by atoms with Crippen LogP contribution in [-0.4, -0.2) is 36.4 Å². The zero-order valence-corrected chi connectivity index (χ0v) is 21.1. The van der Waals surface area contributed by atoms with Gasteiger partial charge in [-0.15, -0.1) is 0 Å². The number of carbonyl (C=O) groups is 3. The minimum absolute atomic E-state index is 0.0745. The van der Waals surface area contributed by atoms with Gasteiger partial charge in [-0.05, 0) is 47.9 Å². The summed E-state index contributed by atoms with van der Waals surface area (Å²) in [6.45, 7) is 0.573. The Labute approximate surface area is 224 Å². The van der Waals surface area contributed by atoms with Gasteiger partial charge >= 0.3 is 5.97 Å². The SMILES string of the molecule is COC(=O)c1ccc2c(c1)NC(=O)/C2=C(\Nc1ccc2c(c1)CCN2C(=O)Cc1ncco1)c1ccccc1. The molecule has 0 spiro atoms. The Morgan fingerprint density at radius 2 is 1.92 bits per heavy atom. The molecule has 2 N–H and O–H groups in total. The van der Waals surface area contributed by atoms with E-state index in [0.717, 1.165) is 22.5 Å². The molecule has 0 saturated heterocycles. The number of nitrogens with one attached hydrogen (secondary N) is 2. The third-order valence-corrected chi connectivity index (χ3v) is 6.83. The molecule has 2 aliphatic rings. The van der Waals surface area contributed by atoms with Crippen molar-refractivity contribution in [2.24, 2.45) is 0 Å². The van der Waals surface area contributed by atoms with Gasteiger partial charge in [0.1, 0.15) is 12.7 Å². The van der Waals surface area contributed by atoms with Gasteiger partial charge in [0.05, 0.1) is 35.8 Å². The second-order valence-electron chi connectivity index (χ2n) is 9.19. The van der Waals surface area contributed by atoms with Crippen LogP contribution in [0.1, 0.15) is 32.9 Å². The van der Waals surface area contributed by atoms with Gasteiger partial charge in [-0.25, -0.2) is 9.78 Å². The first-order chi connectivity index (χ1) is 19.0. The molecule has 2 amide bonds. The molecule has 0 fully saturated rings. The average Bonchev–Trinajstić information content (AvgIpc) is 3.69. The van der Waals surface area contributed by atoms with Gasteiger partial charge in [-0.1, -0.05) is 36.4 Å². The molecular formula is C30H24N4O5. The second kappa shape index (κ2) is 9.94. The molecule has 0 radical (unpaired) electrons. The van der Waals surface area contributed by atoms with Crippen molar-refractivity contribution in [3.05, 3.63) is 107 Å². The molecule has 1 aromatic heterocycles. The van der Waals surface area contributed by atoms with Crippen LogP contribution in [0.15, 0.2) is 83.6 Å². The largest absolute Gasteiger partial charge is 0.465 e. The Kier molecular flexibility index (Phi) is 6.16. The Hall–Kier alpha value is -5.18. The van der Waals surface area contributed by atoms with E-state index in [0.29, 0.717) is 46.9 Å². The molecule has 0 unspecified atom stereocenters. The number of anilines is 3. The predicted octanol–water partition coefficient (Wildman–Crippen LogP) is 4.53. The third kappa shape index (κ3) is 4.54. The van der Waals surface area contributed by atoms with Gasteiger partial charge < -0.3 is 24.7 Å². The third-order valence-electron chi connectivity index (χ3n) is 6.83. The summed E-state index contributed by atoms with van der Waals surface area (Å²) in [7, 11) is 1.32. The lowest BCUT2D eigenvalue weighted by molar-refractivity contribution is -0.118. The minimum Gasteiger partial charge on any atom is -0.465 e. The molecule has 6 rings (SSSR count). The standard InChI is InChI=1S/C30H24N4O5/c1-38-30(37)20-7-9-22-23(16-20)33-29(36)27(22)28(18-5-3-2-4-6-18)32-21-8-10-24-19(15-21)11-13-34(24)26(35)17-25-31-12-14-39-25/h2-10,12,14-16,32H,11,13,17H2,1H3,(H,33,36)/b28-27-. The van der Waals surface area contributed by atoms with E-state index in [2.05, 4.69) is 15.6 Å². The summed E-state index contributed by atoms with van der Waals surface area (Å²) >= 11 is 0. The zero-order valence-electron chi connectivity index (χ0n) is 21.1. The van der Waals surface area contributed by atoms with Crippen LogP contribution in [0.2, 0.25) is 0 Å². The van der Waals surface area contributed by atoms with Crippen LogP contribution in [0.4, 0.5) is 17.1 Å². The molecule has 4 aromatic rings. The smallest absolute Gasteiger partial charge is 0.337 e. The van der Waals surface area contributed by atoms with Gasteiger partial charge in [-0.3, -0.25) is 9.59 Å². The minimum atomic E-state index is -0.475. The monoisotopic (exact) mass is 520 g/mol. The molecule has 39 heavy (non-hydrogen) atoms. The Morgan fingerprint density at radius 3 is 2.69 bits per heavy atom. The summed E-state index contributed by atoms with van der Waals surface area (Å²) in [5, 5.41) is 6.35. The van der Waals surface area contributed by atoms with E-state index in [9.17, 15) is 14.4 Å². The van der Waals surface area contributed by atoms with Crippen LogP contribution in [0.25, 0.3) is 11.3 Å². The van der Waals surface area contributed by atoms with E-state index in [4.69, 9.17) is 9.15 Å². The highest BCUT2D eigenvalue weighted by Crippen LogP contribution is 2.39. The number of nitrogens with zero attached hydrogens (tertiary/aromatic N) is 2. The first-order valence-corrected chi connectivity index (χ1v) is 12.4. The highest BCUT2D eigenvalue weighted by Gasteiger charge is 2.30. The van der Waals surface area contributed by atoms with Crippen LogP contribution in [0.5, 0.6) is 0 Å². The second-order valence-corrected chi connectivity index (χ2v) is 9.19. The molecule has 9 nitrogen and oxygen atoms in total. The number of hydrogen-bond donors (Lipinski definition) is 2. The van der Waals surface area contributed by atoms with Gasteiger partial charge in [0.15, 0.2) is 0 Å². The molecular weight excluding hydrogens is 496 g/mol. The van der Waals surface area contributed by atoms with Crippen molar-refractivity contribution in [3.63, 3.8) is 0 Å². The van der Waals surface area contributed by atoms with E-state index < -0.39 is 5.97 Å². The van der Waals surface area contributed by atoms with Crippen LogP contribution < -0.4 is 15.5 Å². The number of benzene rings is 3. The van der Waals surface area contributed by atoms with Crippen molar-refractivity contribution in [1.82, 2.24) is 4.98 Å². The summed E-state index contributed by atoms with van der Waals surface area (Å²) in [6, 6.07) is 20.4. The van der Waals surface area contributed by atoms with Crippen LogP contribution in [0, 0.1) is 0 Å². The summed E-state index contributed by atoms with van der Waals surface area (Å²) in [6.07, 6.45) is 3.79. The Bertz CT molecular complexity index is 1630. The Morgan fingerprint density at radius 1 is 1.08 bits per heavy atom. The maximum Gasteiger partial charge on any atom is 0.337 e. The fourth-order valence-electron chi connectivity index (χ4n) is 5.00. The Balaban J connectivity index is 1.35. The number of aromatic nitrogens is 1. The van der Waals surface area contributed by atoms with Crippen LogP contribution in [-0.2, 0) is 27.2 Å². The number of esters is 1. The molecule has 0 aliphatic carbocycles. The summed E-state index contributed by atoms with van der Waals surface area (Å²) in [5.41, 5.74) is 6.18. The van der Waals surface area contributed by atoms with Crippen molar-refractivity contribution in [2.45, 2.75) is 12.8 Å². The van der Waals surface area contributed by atoms with Gasteiger partial charge in [0, 0.05) is 23.5 Å². The number of rotatable bonds is 6. The van der Waals surface area contributed by atoms with Gasteiger partial charge in [0.2, 0.25) is 11.8 Å². The molecule has 2 aliphatic heterocycles. The number of fused-ring (bicyclic) bond motifs is 2.